The van der Waals surface area contributed by atoms with Gasteiger partial charge < -0.3 is 5.11 Å². The van der Waals surface area contributed by atoms with Crippen molar-refractivity contribution >= 4 is 9.84 Å². The zero-order chi connectivity index (χ0) is 13.4. The monoisotopic (exact) mass is 275 g/mol. The van der Waals surface area contributed by atoms with E-state index in [1.54, 1.807) is 0 Å². The van der Waals surface area contributed by atoms with Gasteiger partial charge in [-0.05, 0) is 31.1 Å². The number of hydrogen-bond acceptors (Lipinski definition) is 4. The normalized spacial score (nSPS) is 31.1. The summed E-state index contributed by atoms with van der Waals surface area (Å²) in [5, 5.41) is 10.6. The fourth-order valence-corrected chi connectivity index (χ4v) is 4.15. The summed E-state index contributed by atoms with van der Waals surface area (Å²) in [6, 6.07) is 0. The van der Waals surface area contributed by atoms with Crippen molar-refractivity contribution in [1.29, 1.82) is 0 Å². The van der Waals surface area contributed by atoms with Crippen molar-refractivity contribution in [3.8, 4) is 0 Å². The number of aliphatic hydroxyl groups is 1. The largest absolute Gasteiger partial charge is 0.389 e. The lowest BCUT2D eigenvalue weighted by molar-refractivity contribution is -0.0482. The van der Waals surface area contributed by atoms with Crippen LogP contribution in [-0.4, -0.2) is 55.2 Å². The molecule has 0 aromatic rings. The van der Waals surface area contributed by atoms with Gasteiger partial charge in [0.15, 0.2) is 9.84 Å². The molecule has 0 spiro atoms. The summed E-state index contributed by atoms with van der Waals surface area (Å²) in [4.78, 5) is 2.11. The highest BCUT2D eigenvalue weighted by molar-refractivity contribution is 7.91. The van der Waals surface area contributed by atoms with Gasteiger partial charge in [-0.25, -0.2) is 8.42 Å². The fourth-order valence-electron chi connectivity index (χ4n) is 2.87. The van der Waals surface area contributed by atoms with Crippen molar-refractivity contribution < 1.29 is 13.5 Å². The van der Waals surface area contributed by atoms with E-state index in [0.717, 1.165) is 25.7 Å². The van der Waals surface area contributed by atoms with Crippen LogP contribution >= 0.6 is 0 Å². The molecular formula is C13H25NO3S. The minimum Gasteiger partial charge on any atom is -0.389 e. The lowest BCUT2D eigenvalue weighted by atomic mass is 9.71. The van der Waals surface area contributed by atoms with E-state index in [0.29, 0.717) is 25.0 Å². The van der Waals surface area contributed by atoms with E-state index in [1.807, 2.05) is 0 Å². The molecule has 0 radical (unpaired) electrons. The van der Waals surface area contributed by atoms with Crippen molar-refractivity contribution in [2.24, 2.45) is 5.41 Å². The molecule has 0 bridgehead atoms. The third kappa shape index (κ3) is 3.68. The van der Waals surface area contributed by atoms with Gasteiger partial charge in [-0.1, -0.05) is 13.8 Å². The molecule has 0 aromatic carbocycles. The van der Waals surface area contributed by atoms with E-state index in [9.17, 15) is 13.5 Å². The molecule has 0 atom stereocenters. The molecule has 1 saturated heterocycles. The highest BCUT2D eigenvalue weighted by atomic mass is 32.2. The second-order valence-electron chi connectivity index (χ2n) is 6.82. The lowest BCUT2D eigenvalue weighted by Gasteiger charge is -2.43. The van der Waals surface area contributed by atoms with Gasteiger partial charge in [0.2, 0.25) is 0 Å². The Morgan fingerprint density at radius 2 is 1.56 bits per heavy atom. The minimum atomic E-state index is -2.82. The molecule has 4 nitrogen and oxygen atoms in total. The highest BCUT2D eigenvalue weighted by Crippen LogP contribution is 2.40. The van der Waals surface area contributed by atoms with Crippen LogP contribution in [0, 0.1) is 5.41 Å². The lowest BCUT2D eigenvalue weighted by Crippen LogP contribution is -2.50. The second kappa shape index (κ2) is 4.76. The van der Waals surface area contributed by atoms with Crippen molar-refractivity contribution in [2.75, 3.05) is 31.1 Å². The Morgan fingerprint density at radius 1 is 1.06 bits per heavy atom. The Labute approximate surface area is 110 Å². The third-order valence-corrected chi connectivity index (χ3v) is 6.10. The molecule has 0 amide bonds. The van der Waals surface area contributed by atoms with Crippen LogP contribution < -0.4 is 0 Å². The maximum absolute atomic E-state index is 11.4. The van der Waals surface area contributed by atoms with Crippen LogP contribution in [0.4, 0.5) is 0 Å². The van der Waals surface area contributed by atoms with Crippen LogP contribution in [0.15, 0.2) is 0 Å². The third-order valence-electron chi connectivity index (χ3n) is 4.49. The predicted octanol–water partition coefficient (Wildman–Crippen LogP) is 1.05. The molecule has 18 heavy (non-hydrogen) atoms. The molecule has 1 heterocycles. The summed E-state index contributed by atoms with van der Waals surface area (Å²) in [5.41, 5.74) is -0.256. The molecule has 2 aliphatic rings. The molecular weight excluding hydrogens is 250 g/mol. The zero-order valence-electron chi connectivity index (χ0n) is 11.5. The number of rotatable bonds is 2. The Kier molecular flexibility index (Phi) is 3.78. The maximum atomic E-state index is 11.4. The number of β-amino-alcohol motifs (C(OH)–C–C–N with tert-alkyl or cyclic N) is 1. The van der Waals surface area contributed by atoms with Gasteiger partial charge >= 0.3 is 0 Å². The van der Waals surface area contributed by atoms with E-state index in [1.165, 1.54) is 0 Å². The first-order valence-electron chi connectivity index (χ1n) is 6.85. The maximum Gasteiger partial charge on any atom is 0.152 e. The molecule has 1 aliphatic carbocycles. The molecule has 2 fully saturated rings. The van der Waals surface area contributed by atoms with E-state index in [-0.39, 0.29) is 11.5 Å². The van der Waals surface area contributed by atoms with Crippen LogP contribution in [0.3, 0.4) is 0 Å². The zero-order valence-corrected chi connectivity index (χ0v) is 12.3. The van der Waals surface area contributed by atoms with Crippen LogP contribution in [-0.2, 0) is 9.84 Å². The van der Waals surface area contributed by atoms with Crippen LogP contribution in [0.25, 0.3) is 0 Å². The summed E-state index contributed by atoms with van der Waals surface area (Å²) in [6.07, 6.45) is 3.78. The highest BCUT2D eigenvalue weighted by Gasteiger charge is 2.38. The van der Waals surface area contributed by atoms with Gasteiger partial charge in [-0.15, -0.1) is 0 Å². The molecule has 1 N–H and O–H groups in total. The molecule has 1 aliphatic heterocycles. The smallest absolute Gasteiger partial charge is 0.152 e. The standard InChI is InChI=1S/C13H25NO3S/c1-12(2)3-5-13(15,6-4-12)11-14-7-9-18(16,17)10-8-14/h15H,3-11H2,1-2H3. The molecule has 5 heteroatoms. The molecule has 0 aromatic heterocycles. The fraction of sp³-hybridized carbons (Fsp3) is 1.00. The van der Waals surface area contributed by atoms with Gasteiger partial charge in [-0.3, -0.25) is 4.90 Å². The molecule has 0 unspecified atom stereocenters. The first kappa shape index (κ1) is 14.3. The van der Waals surface area contributed by atoms with Gasteiger partial charge in [0.1, 0.15) is 0 Å². The van der Waals surface area contributed by atoms with Crippen molar-refractivity contribution in [2.45, 2.75) is 45.1 Å². The van der Waals surface area contributed by atoms with Gasteiger partial charge in [0.25, 0.3) is 0 Å². The van der Waals surface area contributed by atoms with Gasteiger partial charge in [-0.2, -0.15) is 0 Å². The average molecular weight is 275 g/mol. The van der Waals surface area contributed by atoms with Crippen molar-refractivity contribution in [3.05, 3.63) is 0 Å². The number of sulfone groups is 1. The molecule has 1 saturated carbocycles. The second-order valence-corrected chi connectivity index (χ2v) is 9.12. The summed E-state index contributed by atoms with van der Waals surface area (Å²) < 4.78 is 22.7. The Hall–Kier alpha value is -0.130. The van der Waals surface area contributed by atoms with E-state index in [2.05, 4.69) is 18.7 Å². The minimum absolute atomic E-state index is 0.245. The predicted molar refractivity (Wildman–Crippen MR) is 72.3 cm³/mol. The quantitative estimate of drug-likeness (QED) is 0.818. The van der Waals surface area contributed by atoms with Gasteiger partial charge in [0.05, 0.1) is 17.1 Å². The number of hydrogen-bond donors (Lipinski definition) is 1. The Morgan fingerprint density at radius 3 is 2.06 bits per heavy atom. The first-order chi connectivity index (χ1) is 8.20. The van der Waals surface area contributed by atoms with Crippen molar-refractivity contribution in [3.63, 3.8) is 0 Å². The van der Waals surface area contributed by atoms with Gasteiger partial charge in [0, 0.05) is 19.6 Å². The van der Waals surface area contributed by atoms with Crippen LogP contribution in [0.2, 0.25) is 0 Å². The summed E-state index contributed by atoms with van der Waals surface area (Å²) in [7, 11) is -2.82. The summed E-state index contributed by atoms with van der Waals surface area (Å²) >= 11 is 0. The SMILES string of the molecule is CC1(C)CCC(O)(CN2CCS(=O)(=O)CC2)CC1. The molecule has 2 rings (SSSR count). The first-order valence-corrected chi connectivity index (χ1v) is 8.67. The topological polar surface area (TPSA) is 57.6 Å². The van der Waals surface area contributed by atoms with E-state index in [4.69, 9.17) is 0 Å². The Bertz CT molecular complexity index is 378. The number of nitrogens with zero attached hydrogens (tertiary/aromatic N) is 1. The summed E-state index contributed by atoms with van der Waals surface area (Å²) in [5.74, 6) is 0.489. The average Bonchev–Trinajstić information content (AvgIpc) is 2.27. The van der Waals surface area contributed by atoms with Crippen molar-refractivity contribution in [1.82, 2.24) is 4.90 Å². The van der Waals surface area contributed by atoms with Crippen LogP contribution in [0.5, 0.6) is 0 Å². The van der Waals surface area contributed by atoms with E-state index < -0.39 is 15.4 Å². The molecule has 106 valence electrons. The van der Waals surface area contributed by atoms with E-state index >= 15 is 0 Å². The Balaban J connectivity index is 1.87. The van der Waals surface area contributed by atoms with Crippen LogP contribution in [0.1, 0.15) is 39.5 Å². The summed E-state index contributed by atoms with van der Waals surface area (Å²) in [6.45, 7) is 6.29.